The minimum absolute atomic E-state index is 0.916. The summed E-state index contributed by atoms with van der Waals surface area (Å²) in [5.41, 5.74) is 0. The lowest BCUT2D eigenvalue weighted by Gasteiger charge is -2.24. The van der Waals surface area contributed by atoms with Gasteiger partial charge in [0.1, 0.15) is 0 Å². The second kappa shape index (κ2) is 2.30. The van der Waals surface area contributed by atoms with Crippen LogP contribution in [-0.2, 0) is 0 Å². The molecule has 0 aromatic rings. The molecule has 1 nitrogen and oxygen atoms in total. The molecule has 0 aromatic carbocycles. The lowest BCUT2D eigenvalue weighted by Crippen LogP contribution is -2.29. The first-order valence-electron chi connectivity index (χ1n) is 4.20. The summed E-state index contributed by atoms with van der Waals surface area (Å²) in [6.07, 6.45) is 7.35. The van der Waals surface area contributed by atoms with Crippen molar-refractivity contribution in [3.05, 3.63) is 0 Å². The van der Waals surface area contributed by atoms with Crippen LogP contribution in [0.15, 0.2) is 0 Å². The molecule has 2 aliphatic rings. The van der Waals surface area contributed by atoms with E-state index in [9.17, 15) is 0 Å². The summed E-state index contributed by atoms with van der Waals surface area (Å²) in [5, 5.41) is 3.56. The van der Waals surface area contributed by atoms with Crippen molar-refractivity contribution >= 4 is 0 Å². The largest absolute Gasteiger partial charge is 0.314 e. The van der Waals surface area contributed by atoms with Gasteiger partial charge in [-0.1, -0.05) is 12.8 Å². The van der Waals surface area contributed by atoms with E-state index in [0.29, 0.717) is 0 Å². The number of fused-ring (bicyclic) bond motifs is 1. The molecule has 1 N–H and O–H groups in total. The molecule has 2 atom stereocenters. The van der Waals surface area contributed by atoms with E-state index < -0.39 is 0 Å². The van der Waals surface area contributed by atoms with E-state index in [0.717, 1.165) is 12.0 Å². The molecule has 2 fully saturated rings. The van der Waals surface area contributed by atoms with Crippen molar-refractivity contribution in [3.63, 3.8) is 0 Å². The molecule has 1 heterocycles. The van der Waals surface area contributed by atoms with Crippen LogP contribution in [0.1, 0.15) is 32.1 Å². The van der Waals surface area contributed by atoms with Gasteiger partial charge in [-0.25, -0.2) is 0 Å². The molecule has 0 bridgehead atoms. The van der Waals surface area contributed by atoms with Gasteiger partial charge in [-0.15, -0.1) is 0 Å². The van der Waals surface area contributed by atoms with E-state index in [1.807, 2.05) is 0 Å². The van der Waals surface area contributed by atoms with Crippen molar-refractivity contribution in [2.45, 2.75) is 38.1 Å². The van der Waals surface area contributed by atoms with E-state index in [4.69, 9.17) is 0 Å². The Hall–Kier alpha value is -0.0400. The molecule has 0 radical (unpaired) electrons. The summed E-state index contributed by atoms with van der Waals surface area (Å²) in [4.78, 5) is 0. The Labute approximate surface area is 56.8 Å². The first-order chi connectivity index (χ1) is 4.47. The smallest absolute Gasteiger partial charge is 0.00958 e. The minimum atomic E-state index is 0.916. The third-order valence-corrected chi connectivity index (χ3v) is 2.83. The molecule has 0 unspecified atom stereocenters. The summed E-state index contributed by atoms with van der Waals surface area (Å²) >= 11 is 0. The molecule has 1 aliphatic heterocycles. The van der Waals surface area contributed by atoms with Gasteiger partial charge in [0.2, 0.25) is 0 Å². The number of nitrogens with one attached hydrogen (secondary N) is 1. The zero-order chi connectivity index (χ0) is 6.10. The molecule has 1 saturated heterocycles. The molecule has 1 aliphatic carbocycles. The van der Waals surface area contributed by atoms with Crippen LogP contribution in [0.3, 0.4) is 0 Å². The van der Waals surface area contributed by atoms with Crippen molar-refractivity contribution in [1.29, 1.82) is 0 Å². The van der Waals surface area contributed by atoms with Crippen LogP contribution in [0.2, 0.25) is 0 Å². The first kappa shape index (κ1) is 5.72. The van der Waals surface area contributed by atoms with Crippen LogP contribution in [-0.4, -0.2) is 12.6 Å². The van der Waals surface area contributed by atoms with E-state index in [-0.39, 0.29) is 0 Å². The molecule has 1 saturated carbocycles. The molecule has 9 heavy (non-hydrogen) atoms. The van der Waals surface area contributed by atoms with Crippen molar-refractivity contribution in [2.24, 2.45) is 5.92 Å². The molecular formula is C8H15N. The summed E-state index contributed by atoms with van der Waals surface area (Å²) in [6.45, 7) is 1.29. The van der Waals surface area contributed by atoms with Crippen molar-refractivity contribution in [1.82, 2.24) is 5.32 Å². The Morgan fingerprint density at radius 2 is 1.89 bits per heavy atom. The van der Waals surface area contributed by atoms with Gasteiger partial charge < -0.3 is 5.32 Å². The van der Waals surface area contributed by atoms with Gasteiger partial charge in [-0.2, -0.15) is 0 Å². The van der Waals surface area contributed by atoms with Crippen LogP contribution in [0, 0.1) is 5.92 Å². The summed E-state index contributed by atoms with van der Waals surface area (Å²) in [7, 11) is 0. The van der Waals surface area contributed by atoms with Crippen LogP contribution in [0.25, 0.3) is 0 Å². The molecular weight excluding hydrogens is 110 g/mol. The number of hydrogen-bond acceptors (Lipinski definition) is 1. The van der Waals surface area contributed by atoms with Gasteiger partial charge in [0.15, 0.2) is 0 Å². The molecule has 0 amide bonds. The molecule has 52 valence electrons. The van der Waals surface area contributed by atoms with E-state index in [1.54, 1.807) is 0 Å². The summed E-state index contributed by atoms with van der Waals surface area (Å²) < 4.78 is 0. The maximum absolute atomic E-state index is 3.56. The molecule has 0 aromatic heterocycles. The number of rotatable bonds is 0. The standard InChI is InChI=1S/C8H15N/c1-2-4-8-7(3-1)5-6-9-8/h7-9H,1-6H2/t7-,8-/m1/s1. The quantitative estimate of drug-likeness (QED) is 0.518. The van der Waals surface area contributed by atoms with Crippen molar-refractivity contribution in [2.75, 3.05) is 6.54 Å². The average Bonchev–Trinajstić information content (AvgIpc) is 2.33. The lowest BCUT2D eigenvalue weighted by atomic mass is 9.86. The van der Waals surface area contributed by atoms with Gasteiger partial charge in [0.05, 0.1) is 0 Å². The Morgan fingerprint density at radius 3 is 2.78 bits per heavy atom. The monoisotopic (exact) mass is 125 g/mol. The maximum Gasteiger partial charge on any atom is 0.00958 e. The zero-order valence-electron chi connectivity index (χ0n) is 5.90. The third-order valence-electron chi connectivity index (χ3n) is 2.83. The fourth-order valence-electron chi connectivity index (χ4n) is 2.28. The Bertz CT molecular complexity index is 88.7. The molecule has 1 heteroatoms. The third kappa shape index (κ3) is 0.983. The van der Waals surface area contributed by atoms with Gasteiger partial charge in [-0.3, -0.25) is 0 Å². The van der Waals surface area contributed by atoms with E-state index in [1.165, 1.54) is 38.6 Å². The highest BCUT2D eigenvalue weighted by atomic mass is 15.0. The fourth-order valence-corrected chi connectivity index (χ4v) is 2.28. The lowest BCUT2D eigenvalue weighted by molar-refractivity contribution is 0.326. The van der Waals surface area contributed by atoms with Crippen LogP contribution in [0.4, 0.5) is 0 Å². The normalized spacial score (nSPS) is 42.7. The van der Waals surface area contributed by atoms with Gasteiger partial charge in [-0.05, 0) is 31.7 Å². The first-order valence-corrected chi connectivity index (χ1v) is 4.20. The number of hydrogen-bond donors (Lipinski definition) is 1. The SMILES string of the molecule is C1CC[C@H]2NCC[C@H]2C1. The topological polar surface area (TPSA) is 12.0 Å². The van der Waals surface area contributed by atoms with E-state index in [2.05, 4.69) is 5.32 Å². The average molecular weight is 125 g/mol. The van der Waals surface area contributed by atoms with Crippen LogP contribution in [0.5, 0.6) is 0 Å². The Morgan fingerprint density at radius 1 is 1.00 bits per heavy atom. The van der Waals surface area contributed by atoms with Crippen LogP contribution < -0.4 is 5.32 Å². The predicted molar refractivity (Wildman–Crippen MR) is 38.4 cm³/mol. The minimum Gasteiger partial charge on any atom is -0.314 e. The second-order valence-electron chi connectivity index (χ2n) is 3.39. The molecule has 0 spiro atoms. The van der Waals surface area contributed by atoms with E-state index >= 15 is 0 Å². The van der Waals surface area contributed by atoms with Gasteiger partial charge in [0.25, 0.3) is 0 Å². The highest BCUT2D eigenvalue weighted by molar-refractivity contribution is 4.86. The summed E-state index contributed by atoms with van der Waals surface area (Å²) in [6, 6.07) is 0.916. The maximum atomic E-state index is 3.56. The predicted octanol–water partition coefficient (Wildman–Crippen LogP) is 1.54. The van der Waals surface area contributed by atoms with Crippen molar-refractivity contribution < 1.29 is 0 Å². The molecule has 2 rings (SSSR count). The van der Waals surface area contributed by atoms with Crippen molar-refractivity contribution in [3.8, 4) is 0 Å². The Kier molecular flexibility index (Phi) is 1.46. The highest BCUT2D eigenvalue weighted by Crippen LogP contribution is 2.29. The second-order valence-corrected chi connectivity index (χ2v) is 3.39. The van der Waals surface area contributed by atoms with Crippen LogP contribution >= 0.6 is 0 Å². The zero-order valence-corrected chi connectivity index (χ0v) is 5.90. The fraction of sp³-hybridized carbons (Fsp3) is 1.00. The highest BCUT2D eigenvalue weighted by Gasteiger charge is 2.28. The van der Waals surface area contributed by atoms with Gasteiger partial charge in [0, 0.05) is 6.04 Å². The Balaban J connectivity index is 1.97. The van der Waals surface area contributed by atoms with Gasteiger partial charge >= 0.3 is 0 Å². The summed E-state index contributed by atoms with van der Waals surface area (Å²) in [5.74, 6) is 1.05.